The number of aromatic nitrogens is 3. The van der Waals surface area contributed by atoms with Crippen molar-refractivity contribution in [2.24, 2.45) is 0 Å². The summed E-state index contributed by atoms with van der Waals surface area (Å²) in [6.45, 7) is 3.75. The molecule has 1 fully saturated rings. The Balaban J connectivity index is 1.44. The van der Waals surface area contributed by atoms with Gasteiger partial charge in [0, 0.05) is 36.1 Å². The van der Waals surface area contributed by atoms with Gasteiger partial charge < -0.3 is 30.7 Å². The third kappa shape index (κ3) is 8.46. The Hall–Kier alpha value is -4.49. The van der Waals surface area contributed by atoms with Gasteiger partial charge in [-0.25, -0.2) is 9.48 Å². The Morgan fingerprint density at radius 3 is 2.43 bits per heavy atom. The van der Waals surface area contributed by atoms with E-state index in [1.54, 1.807) is 25.1 Å². The number of anilines is 2. The molecule has 1 aliphatic rings. The molecule has 0 saturated carbocycles. The van der Waals surface area contributed by atoms with Gasteiger partial charge in [0.25, 0.3) is 11.5 Å². The molecule has 0 radical (unpaired) electrons. The second-order valence-corrected chi connectivity index (χ2v) is 11.9. The number of hydrogen-bond donors (Lipinski definition) is 4. The lowest BCUT2D eigenvalue weighted by molar-refractivity contribution is 0.0916. The summed E-state index contributed by atoms with van der Waals surface area (Å²) in [4.78, 5) is 45.4. The van der Waals surface area contributed by atoms with E-state index < -0.39 is 11.6 Å². The number of nitrogens with zero attached hydrogens (tertiary/aromatic N) is 4. The summed E-state index contributed by atoms with van der Waals surface area (Å²) in [6.07, 6.45) is 4.41. The maximum absolute atomic E-state index is 13.3. The highest BCUT2D eigenvalue weighted by molar-refractivity contribution is 6.39. The third-order valence-electron chi connectivity index (χ3n) is 7.69. The van der Waals surface area contributed by atoms with E-state index in [9.17, 15) is 19.5 Å². The number of amides is 3. The number of halogens is 2. The summed E-state index contributed by atoms with van der Waals surface area (Å²) in [5.41, 5.74) is 2.65. The number of rotatable bonds is 10. The Morgan fingerprint density at radius 1 is 1.00 bits per heavy atom. The number of piperidine rings is 1. The molecule has 4 N–H and O–H groups in total. The molecule has 0 unspecified atom stereocenters. The highest BCUT2D eigenvalue weighted by Gasteiger charge is 2.21. The summed E-state index contributed by atoms with van der Waals surface area (Å²) in [6, 6.07) is 13.5. The summed E-state index contributed by atoms with van der Waals surface area (Å²) < 4.78 is 6.98. The smallest absolute Gasteiger partial charge is 0.323 e. The van der Waals surface area contributed by atoms with Crippen molar-refractivity contribution in [1.29, 1.82) is 0 Å². The standard InChI is InChI=1S/C33H35Cl2N7O5/c1-3-42-32(45)29(38-33(46)39-30-26(34)18-36-19-27(30)35)17-28(40-42)21-6-4-5-20(13-21)22-14-23(16-25(15-22)47-12-11-43)31(44)37-24-7-9-41(2)10-8-24/h4-6,13-19,24,43H,3,7-12H2,1-2H3,(H,37,44)(H2,36,38,39,46). The number of benzene rings is 2. The molecule has 246 valence electrons. The van der Waals surface area contributed by atoms with Crippen LogP contribution in [-0.2, 0) is 6.54 Å². The fourth-order valence-corrected chi connectivity index (χ4v) is 5.67. The van der Waals surface area contributed by atoms with Crippen LogP contribution in [0.1, 0.15) is 30.1 Å². The van der Waals surface area contributed by atoms with E-state index in [2.05, 4.69) is 38.0 Å². The van der Waals surface area contributed by atoms with E-state index in [1.165, 1.54) is 23.1 Å². The number of aliphatic hydroxyl groups is 1. The average molecular weight is 681 g/mol. The molecule has 2 aromatic heterocycles. The first-order valence-corrected chi connectivity index (χ1v) is 15.9. The van der Waals surface area contributed by atoms with Gasteiger partial charge in [-0.3, -0.25) is 14.6 Å². The van der Waals surface area contributed by atoms with Crippen molar-refractivity contribution in [2.45, 2.75) is 32.4 Å². The van der Waals surface area contributed by atoms with E-state index >= 15 is 0 Å². The molecule has 0 bridgehead atoms. The molecule has 1 saturated heterocycles. The van der Waals surface area contributed by atoms with Crippen molar-refractivity contribution in [1.82, 2.24) is 25.0 Å². The van der Waals surface area contributed by atoms with Crippen LogP contribution >= 0.6 is 23.2 Å². The fraction of sp³-hybridized carbons (Fsp3) is 0.303. The number of aryl methyl sites for hydroxylation is 1. The highest BCUT2D eigenvalue weighted by Crippen LogP contribution is 2.31. The minimum Gasteiger partial charge on any atom is -0.491 e. The molecule has 2 aromatic carbocycles. The molecule has 0 aliphatic carbocycles. The number of hydrogen-bond acceptors (Lipinski definition) is 8. The zero-order chi connectivity index (χ0) is 33.5. The maximum Gasteiger partial charge on any atom is 0.323 e. The summed E-state index contributed by atoms with van der Waals surface area (Å²) in [5.74, 6) is 0.242. The van der Waals surface area contributed by atoms with Crippen LogP contribution in [-0.4, -0.2) is 76.1 Å². The van der Waals surface area contributed by atoms with Crippen molar-refractivity contribution in [3.63, 3.8) is 0 Å². The van der Waals surface area contributed by atoms with Gasteiger partial charge in [0.1, 0.15) is 18.0 Å². The third-order valence-corrected chi connectivity index (χ3v) is 8.26. The molecule has 14 heteroatoms. The molecular formula is C33H35Cl2N7O5. The van der Waals surface area contributed by atoms with Gasteiger partial charge in [0.2, 0.25) is 0 Å². The number of ether oxygens (including phenoxy) is 1. The number of carbonyl (C=O) groups excluding carboxylic acids is 2. The van der Waals surface area contributed by atoms with E-state index in [4.69, 9.17) is 27.9 Å². The maximum atomic E-state index is 13.3. The Labute approximate surface area is 281 Å². The van der Waals surface area contributed by atoms with Crippen LogP contribution in [0.5, 0.6) is 5.75 Å². The first-order valence-electron chi connectivity index (χ1n) is 15.1. The molecule has 1 aliphatic heterocycles. The average Bonchev–Trinajstić information content (AvgIpc) is 3.07. The van der Waals surface area contributed by atoms with Crippen LogP contribution in [0.3, 0.4) is 0 Å². The second-order valence-electron chi connectivity index (χ2n) is 11.1. The van der Waals surface area contributed by atoms with Crippen LogP contribution in [0.15, 0.2) is 65.7 Å². The van der Waals surface area contributed by atoms with Crippen LogP contribution in [0, 0.1) is 0 Å². The molecule has 4 aromatic rings. The van der Waals surface area contributed by atoms with Gasteiger partial charge in [-0.05, 0) is 81.4 Å². The van der Waals surface area contributed by atoms with Crippen molar-refractivity contribution < 1.29 is 19.4 Å². The van der Waals surface area contributed by atoms with Crippen molar-refractivity contribution >= 4 is 46.5 Å². The zero-order valence-electron chi connectivity index (χ0n) is 25.9. The van der Waals surface area contributed by atoms with Crippen LogP contribution < -0.4 is 26.2 Å². The first kappa shape index (κ1) is 33.9. The molecule has 12 nitrogen and oxygen atoms in total. The van der Waals surface area contributed by atoms with Crippen LogP contribution in [0.2, 0.25) is 10.0 Å². The van der Waals surface area contributed by atoms with E-state index in [1.807, 2.05) is 24.3 Å². The van der Waals surface area contributed by atoms with Gasteiger partial charge in [-0.2, -0.15) is 5.10 Å². The number of urea groups is 1. The molecule has 0 spiro atoms. The van der Waals surface area contributed by atoms with Gasteiger partial charge in [-0.15, -0.1) is 0 Å². The summed E-state index contributed by atoms with van der Waals surface area (Å²) >= 11 is 12.3. The SMILES string of the molecule is CCn1nc(-c2cccc(-c3cc(OCCO)cc(C(=O)NC4CCN(C)CC4)c3)c2)cc(NC(=O)Nc2c(Cl)cncc2Cl)c1=O. The summed E-state index contributed by atoms with van der Waals surface area (Å²) in [7, 11) is 2.07. The van der Waals surface area contributed by atoms with Gasteiger partial charge in [0.05, 0.1) is 28.0 Å². The minimum absolute atomic E-state index is 0.00619. The molecular weight excluding hydrogens is 645 g/mol. The number of aliphatic hydroxyl groups excluding tert-OH is 1. The predicted octanol–water partition coefficient (Wildman–Crippen LogP) is 5.14. The molecule has 0 atom stereocenters. The van der Waals surface area contributed by atoms with Crippen molar-refractivity contribution in [3.8, 4) is 28.1 Å². The number of pyridine rings is 1. The van der Waals surface area contributed by atoms with Crippen LogP contribution in [0.4, 0.5) is 16.2 Å². The number of nitrogens with one attached hydrogen (secondary N) is 3. The molecule has 47 heavy (non-hydrogen) atoms. The Kier molecular flexibility index (Phi) is 11.1. The number of carbonyl (C=O) groups is 2. The quantitative estimate of drug-likeness (QED) is 0.180. The first-order chi connectivity index (χ1) is 22.6. The Bertz CT molecular complexity index is 1810. The van der Waals surface area contributed by atoms with Crippen molar-refractivity contribution in [3.05, 3.63) is 86.9 Å². The second kappa shape index (κ2) is 15.4. The lowest BCUT2D eigenvalue weighted by atomic mass is 9.98. The lowest BCUT2D eigenvalue weighted by Crippen LogP contribution is -2.43. The topological polar surface area (TPSA) is 151 Å². The Morgan fingerprint density at radius 2 is 1.72 bits per heavy atom. The monoisotopic (exact) mass is 679 g/mol. The fourth-order valence-electron chi connectivity index (χ4n) is 5.21. The zero-order valence-corrected chi connectivity index (χ0v) is 27.4. The number of likely N-dealkylation sites (tertiary alicyclic amines) is 1. The van der Waals surface area contributed by atoms with Gasteiger partial charge in [0.15, 0.2) is 0 Å². The summed E-state index contributed by atoms with van der Waals surface area (Å²) in [5, 5.41) is 22.4. The molecule has 3 heterocycles. The van der Waals surface area contributed by atoms with Crippen LogP contribution in [0.25, 0.3) is 22.4 Å². The van der Waals surface area contributed by atoms with E-state index in [0.717, 1.165) is 31.5 Å². The largest absolute Gasteiger partial charge is 0.491 e. The van der Waals surface area contributed by atoms with Gasteiger partial charge in [-0.1, -0.05) is 41.4 Å². The predicted molar refractivity (Wildman–Crippen MR) is 183 cm³/mol. The van der Waals surface area contributed by atoms with E-state index in [-0.39, 0.29) is 53.1 Å². The minimum atomic E-state index is -0.726. The van der Waals surface area contributed by atoms with Gasteiger partial charge >= 0.3 is 6.03 Å². The van der Waals surface area contributed by atoms with Crippen molar-refractivity contribution in [2.75, 3.05) is 44.0 Å². The lowest BCUT2D eigenvalue weighted by Gasteiger charge is -2.29. The highest BCUT2D eigenvalue weighted by atomic mass is 35.5. The normalized spacial score (nSPS) is 13.6. The van der Waals surface area contributed by atoms with E-state index in [0.29, 0.717) is 28.1 Å². The molecule has 5 rings (SSSR count). The molecule has 3 amide bonds.